The summed E-state index contributed by atoms with van der Waals surface area (Å²) in [5, 5.41) is 1.03. The van der Waals surface area contributed by atoms with Crippen LogP contribution in [0.5, 0.6) is 0 Å². The monoisotopic (exact) mass is 220 g/mol. The van der Waals surface area contributed by atoms with Crippen molar-refractivity contribution in [2.24, 2.45) is 5.92 Å². The SMILES string of the molecule is CC(CBr)Cc1cnsn1. The second-order valence-corrected chi connectivity index (χ2v) is 3.57. The molecule has 0 bridgehead atoms. The summed E-state index contributed by atoms with van der Waals surface area (Å²) in [6.07, 6.45) is 2.87. The first-order chi connectivity index (χ1) is 4.83. The first-order valence-corrected chi connectivity index (χ1v) is 5.00. The van der Waals surface area contributed by atoms with Crippen LogP contribution >= 0.6 is 27.7 Å². The molecule has 2 nitrogen and oxygen atoms in total. The maximum Gasteiger partial charge on any atom is 0.0745 e. The lowest BCUT2D eigenvalue weighted by Crippen LogP contribution is -2.00. The van der Waals surface area contributed by atoms with Crippen LogP contribution in [-0.2, 0) is 6.42 Å². The fourth-order valence-electron chi connectivity index (χ4n) is 0.686. The molecule has 0 saturated carbocycles. The third-order valence-electron chi connectivity index (χ3n) is 1.23. The second-order valence-electron chi connectivity index (χ2n) is 2.36. The van der Waals surface area contributed by atoms with Crippen molar-refractivity contribution in [1.29, 1.82) is 0 Å². The molecule has 1 aromatic rings. The number of halogens is 1. The van der Waals surface area contributed by atoms with Crippen molar-refractivity contribution >= 4 is 27.7 Å². The van der Waals surface area contributed by atoms with Crippen molar-refractivity contribution in [2.45, 2.75) is 13.3 Å². The lowest BCUT2D eigenvalue weighted by molar-refractivity contribution is 0.654. The molecule has 56 valence electrons. The van der Waals surface area contributed by atoms with Crippen molar-refractivity contribution in [1.82, 2.24) is 8.75 Å². The highest BCUT2D eigenvalue weighted by Gasteiger charge is 2.02. The molecule has 1 atom stereocenters. The van der Waals surface area contributed by atoms with Gasteiger partial charge in [0.15, 0.2) is 0 Å². The minimum absolute atomic E-state index is 0.656. The van der Waals surface area contributed by atoms with Crippen molar-refractivity contribution in [3.05, 3.63) is 11.9 Å². The van der Waals surface area contributed by atoms with Gasteiger partial charge in [-0.3, -0.25) is 0 Å². The largest absolute Gasteiger partial charge is 0.181 e. The van der Waals surface area contributed by atoms with E-state index in [9.17, 15) is 0 Å². The van der Waals surface area contributed by atoms with E-state index in [1.54, 1.807) is 0 Å². The van der Waals surface area contributed by atoms with Gasteiger partial charge in [0.25, 0.3) is 0 Å². The normalized spacial score (nSPS) is 13.4. The van der Waals surface area contributed by atoms with Gasteiger partial charge >= 0.3 is 0 Å². The zero-order valence-electron chi connectivity index (χ0n) is 5.75. The number of nitrogens with zero attached hydrogens (tertiary/aromatic N) is 2. The predicted octanol–water partition coefficient (Wildman–Crippen LogP) is 2.11. The Morgan fingerprint density at radius 3 is 3.10 bits per heavy atom. The summed E-state index contributed by atoms with van der Waals surface area (Å²) in [7, 11) is 0. The molecule has 1 aromatic heterocycles. The minimum Gasteiger partial charge on any atom is -0.181 e. The minimum atomic E-state index is 0.656. The van der Waals surface area contributed by atoms with Crippen LogP contribution in [0.4, 0.5) is 0 Å². The molecule has 1 heterocycles. The summed E-state index contributed by atoms with van der Waals surface area (Å²) in [6, 6.07) is 0. The standard InChI is InChI=1S/C6H9BrN2S/c1-5(3-7)2-6-4-8-10-9-6/h4-5H,2-3H2,1H3. The molecule has 0 fully saturated rings. The quantitative estimate of drug-likeness (QED) is 0.730. The Morgan fingerprint density at radius 2 is 2.60 bits per heavy atom. The number of rotatable bonds is 3. The van der Waals surface area contributed by atoms with E-state index in [2.05, 4.69) is 31.6 Å². The summed E-state index contributed by atoms with van der Waals surface area (Å²) in [5.74, 6) is 0.656. The third-order valence-corrected chi connectivity index (χ3v) is 2.85. The van der Waals surface area contributed by atoms with Crippen LogP contribution < -0.4 is 0 Å². The smallest absolute Gasteiger partial charge is 0.0745 e. The van der Waals surface area contributed by atoms with Gasteiger partial charge in [-0.25, -0.2) is 0 Å². The summed E-state index contributed by atoms with van der Waals surface area (Å²) >= 11 is 4.69. The Labute approximate surface area is 73.1 Å². The molecule has 1 unspecified atom stereocenters. The van der Waals surface area contributed by atoms with Gasteiger partial charge in [0.2, 0.25) is 0 Å². The lowest BCUT2D eigenvalue weighted by Gasteiger charge is -2.01. The van der Waals surface area contributed by atoms with Gasteiger partial charge in [0, 0.05) is 5.33 Å². The predicted molar refractivity (Wildman–Crippen MR) is 46.6 cm³/mol. The molecular weight excluding hydrogens is 212 g/mol. The molecule has 0 aliphatic carbocycles. The Kier molecular flexibility index (Phi) is 3.28. The van der Waals surface area contributed by atoms with E-state index in [4.69, 9.17) is 0 Å². The van der Waals surface area contributed by atoms with E-state index in [1.165, 1.54) is 11.7 Å². The Balaban J connectivity index is 2.40. The van der Waals surface area contributed by atoms with Crippen LogP contribution in [0.3, 0.4) is 0 Å². The maximum absolute atomic E-state index is 4.11. The van der Waals surface area contributed by atoms with E-state index in [-0.39, 0.29) is 0 Å². The highest BCUT2D eigenvalue weighted by molar-refractivity contribution is 9.09. The molecule has 0 aromatic carbocycles. The van der Waals surface area contributed by atoms with E-state index in [0.717, 1.165) is 17.4 Å². The topological polar surface area (TPSA) is 25.8 Å². The summed E-state index contributed by atoms with van der Waals surface area (Å²) in [6.45, 7) is 2.19. The van der Waals surface area contributed by atoms with E-state index in [1.807, 2.05) is 6.20 Å². The Morgan fingerprint density at radius 1 is 1.80 bits per heavy atom. The zero-order chi connectivity index (χ0) is 7.40. The molecule has 0 amide bonds. The fourth-order valence-corrected chi connectivity index (χ4v) is 1.36. The van der Waals surface area contributed by atoms with Crippen molar-refractivity contribution < 1.29 is 0 Å². The Bertz CT molecular complexity index is 176. The Hall–Kier alpha value is 0.0400. The summed E-state index contributed by atoms with van der Waals surface area (Å²) < 4.78 is 8.04. The molecule has 4 heteroatoms. The van der Waals surface area contributed by atoms with Crippen LogP contribution in [0.2, 0.25) is 0 Å². The summed E-state index contributed by atoms with van der Waals surface area (Å²) in [4.78, 5) is 0. The van der Waals surface area contributed by atoms with E-state index < -0.39 is 0 Å². The molecular formula is C6H9BrN2S. The van der Waals surface area contributed by atoms with Crippen LogP contribution in [-0.4, -0.2) is 14.1 Å². The van der Waals surface area contributed by atoms with Gasteiger partial charge in [-0.1, -0.05) is 22.9 Å². The van der Waals surface area contributed by atoms with Gasteiger partial charge in [0.05, 0.1) is 23.6 Å². The average Bonchev–Trinajstić information content (AvgIpc) is 2.40. The van der Waals surface area contributed by atoms with Gasteiger partial charge in [-0.05, 0) is 12.3 Å². The third kappa shape index (κ3) is 2.34. The average molecular weight is 221 g/mol. The first kappa shape index (κ1) is 8.14. The second kappa shape index (κ2) is 4.03. The molecule has 0 saturated heterocycles. The van der Waals surface area contributed by atoms with Gasteiger partial charge < -0.3 is 0 Å². The lowest BCUT2D eigenvalue weighted by atomic mass is 10.1. The maximum atomic E-state index is 4.11. The highest BCUT2D eigenvalue weighted by atomic mass is 79.9. The zero-order valence-corrected chi connectivity index (χ0v) is 8.15. The van der Waals surface area contributed by atoms with Gasteiger partial charge in [0.1, 0.15) is 0 Å². The number of hydrogen-bond acceptors (Lipinski definition) is 3. The first-order valence-electron chi connectivity index (χ1n) is 3.15. The van der Waals surface area contributed by atoms with Crippen LogP contribution in [0.1, 0.15) is 12.6 Å². The van der Waals surface area contributed by atoms with Crippen LogP contribution in [0.15, 0.2) is 6.20 Å². The van der Waals surface area contributed by atoms with Crippen molar-refractivity contribution in [3.63, 3.8) is 0 Å². The van der Waals surface area contributed by atoms with Crippen molar-refractivity contribution in [2.75, 3.05) is 5.33 Å². The highest BCUT2D eigenvalue weighted by Crippen LogP contribution is 2.08. The molecule has 10 heavy (non-hydrogen) atoms. The molecule has 0 aliphatic rings. The molecule has 0 radical (unpaired) electrons. The fraction of sp³-hybridized carbons (Fsp3) is 0.667. The number of alkyl halides is 1. The van der Waals surface area contributed by atoms with Crippen molar-refractivity contribution in [3.8, 4) is 0 Å². The van der Waals surface area contributed by atoms with Crippen LogP contribution in [0.25, 0.3) is 0 Å². The summed E-state index contributed by atoms with van der Waals surface area (Å²) in [5.41, 5.74) is 1.11. The molecule has 0 aliphatic heterocycles. The van der Waals surface area contributed by atoms with E-state index >= 15 is 0 Å². The number of aromatic nitrogens is 2. The molecule has 0 N–H and O–H groups in total. The molecule has 0 spiro atoms. The molecule has 1 rings (SSSR count). The number of hydrogen-bond donors (Lipinski definition) is 0. The van der Waals surface area contributed by atoms with Gasteiger partial charge in [-0.2, -0.15) is 8.75 Å². The van der Waals surface area contributed by atoms with Gasteiger partial charge in [-0.15, -0.1) is 0 Å². The van der Waals surface area contributed by atoms with Crippen LogP contribution in [0, 0.1) is 5.92 Å². The van der Waals surface area contributed by atoms with E-state index in [0.29, 0.717) is 5.92 Å².